The molecule has 0 spiro atoms. The lowest BCUT2D eigenvalue weighted by molar-refractivity contribution is -0.132. The van der Waals surface area contributed by atoms with Gasteiger partial charge in [0, 0.05) is 49.5 Å². The number of benzene rings is 3. The number of nitrogens with zero attached hydrogens (tertiary/aromatic N) is 3. The van der Waals surface area contributed by atoms with Gasteiger partial charge >= 0.3 is 0 Å². The van der Waals surface area contributed by atoms with E-state index in [1.807, 2.05) is 59.5 Å². The third-order valence-corrected chi connectivity index (χ3v) is 7.01. The summed E-state index contributed by atoms with van der Waals surface area (Å²) in [6, 6.07) is 23.0. The van der Waals surface area contributed by atoms with E-state index in [9.17, 15) is 9.59 Å². The summed E-state index contributed by atoms with van der Waals surface area (Å²) in [7, 11) is 0. The monoisotopic (exact) mass is 439 g/mol. The van der Waals surface area contributed by atoms with Crippen molar-refractivity contribution in [2.24, 2.45) is 0 Å². The molecule has 2 aliphatic heterocycles. The van der Waals surface area contributed by atoms with Crippen LogP contribution < -0.4 is 9.80 Å². The lowest BCUT2D eigenvalue weighted by Crippen LogP contribution is -2.55. The minimum atomic E-state index is -0.498. The zero-order valence-electron chi connectivity index (χ0n) is 19.2. The van der Waals surface area contributed by atoms with Gasteiger partial charge in [0.05, 0.1) is 0 Å². The van der Waals surface area contributed by atoms with Gasteiger partial charge in [-0.2, -0.15) is 0 Å². The van der Waals surface area contributed by atoms with Crippen LogP contribution in [0, 0.1) is 13.8 Å². The van der Waals surface area contributed by atoms with Crippen molar-refractivity contribution in [1.29, 1.82) is 0 Å². The molecule has 0 saturated carbocycles. The molecule has 33 heavy (non-hydrogen) atoms. The number of rotatable bonds is 3. The number of para-hydroxylation sites is 1. The first-order valence-corrected chi connectivity index (χ1v) is 11.6. The van der Waals surface area contributed by atoms with Crippen molar-refractivity contribution in [3.8, 4) is 0 Å². The number of amides is 2. The molecule has 0 N–H and O–H groups in total. The van der Waals surface area contributed by atoms with Gasteiger partial charge in [0.1, 0.15) is 6.04 Å². The van der Waals surface area contributed by atoms with E-state index in [1.165, 1.54) is 16.8 Å². The van der Waals surface area contributed by atoms with Crippen LogP contribution in [-0.2, 0) is 11.2 Å². The maximum absolute atomic E-state index is 13.7. The molecular formula is C28H29N3O2. The van der Waals surface area contributed by atoms with Crippen LogP contribution in [0.2, 0.25) is 0 Å². The number of carbonyl (C=O) groups excluding carboxylic acids is 2. The van der Waals surface area contributed by atoms with E-state index >= 15 is 0 Å². The fourth-order valence-electron chi connectivity index (χ4n) is 5.01. The molecule has 3 aromatic rings. The zero-order chi connectivity index (χ0) is 22.9. The third kappa shape index (κ3) is 3.88. The SMILES string of the molecule is Cc1cccc(N2CCN(C(=O)[C@H]3Cc4ccccc4N3C(=O)c3ccccc3)CC2)c1C. The average molecular weight is 440 g/mol. The van der Waals surface area contributed by atoms with E-state index in [2.05, 4.69) is 36.9 Å². The topological polar surface area (TPSA) is 43.9 Å². The maximum atomic E-state index is 13.7. The van der Waals surface area contributed by atoms with Gasteiger partial charge in [0.15, 0.2) is 0 Å². The van der Waals surface area contributed by atoms with E-state index in [-0.39, 0.29) is 11.8 Å². The van der Waals surface area contributed by atoms with Crippen molar-refractivity contribution in [2.75, 3.05) is 36.0 Å². The summed E-state index contributed by atoms with van der Waals surface area (Å²) in [4.78, 5) is 33.2. The molecule has 0 radical (unpaired) electrons. The first-order chi connectivity index (χ1) is 16.0. The van der Waals surface area contributed by atoms with E-state index in [0.29, 0.717) is 25.1 Å². The number of fused-ring (bicyclic) bond motifs is 1. The Kier molecular flexibility index (Phi) is 5.63. The second kappa shape index (κ2) is 8.74. The fraction of sp³-hybridized carbons (Fsp3) is 0.286. The van der Waals surface area contributed by atoms with Gasteiger partial charge in [0.2, 0.25) is 5.91 Å². The Morgan fingerprint density at radius 1 is 0.758 bits per heavy atom. The maximum Gasteiger partial charge on any atom is 0.259 e. The summed E-state index contributed by atoms with van der Waals surface area (Å²) < 4.78 is 0. The summed E-state index contributed by atoms with van der Waals surface area (Å²) >= 11 is 0. The highest BCUT2D eigenvalue weighted by Crippen LogP contribution is 2.34. The molecule has 1 fully saturated rings. The summed E-state index contributed by atoms with van der Waals surface area (Å²) in [6.07, 6.45) is 0.560. The molecule has 2 aliphatic rings. The van der Waals surface area contributed by atoms with Crippen molar-refractivity contribution in [3.63, 3.8) is 0 Å². The molecule has 168 valence electrons. The largest absolute Gasteiger partial charge is 0.368 e. The molecule has 0 aliphatic carbocycles. The number of piperazine rings is 1. The Labute approximate surface area is 195 Å². The number of carbonyl (C=O) groups is 2. The first kappa shape index (κ1) is 21.3. The summed E-state index contributed by atoms with van der Waals surface area (Å²) in [5, 5.41) is 0. The number of aryl methyl sites for hydroxylation is 1. The molecule has 5 nitrogen and oxygen atoms in total. The smallest absolute Gasteiger partial charge is 0.259 e. The van der Waals surface area contributed by atoms with Crippen LogP contribution in [0.25, 0.3) is 0 Å². The second-order valence-corrected chi connectivity index (χ2v) is 8.92. The molecule has 1 atom stereocenters. The van der Waals surface area contributed by atoms with Crippen LogP contribution in [-0.4, -0.2) is 48.9 Å². The molecule has 0 unspecified atom stereocenters. The summed E-state index contributed by atoms with van der Waals surface area (Å²) in [6.45, 7) is 7.20. The minimum absolute atomic E-state index is 0.0381. The standard InChI is InChI=1S/C28H29N3O2/c1-20-9-8-14-24(21(20)2)29-15-17-30(18-16-29)28(33)26-19-23-12-6-7-13-25(23)31(26)27(32)22-10-4-3-5-11-22/h3-14,26H,15-19H2,1-2H3/t26-/m1/s1. The van der Waals surface area contributed by atoms with Gasteiger partial charge in [0.25, 0.3) is 5.91 Å². The van der Waals surface area contributed by atoms with Crippen LogP contribution in [0.5, 0.6) is 0 Å². The van der Waals surface area contributed by atoms with Crippen LogP contribution in [0.1, 0.15) is 27.0 Å². The lowest BCUT2D eigenvalue weighted by Gasteiger charge is -2.39. The summed E-state index contributed by atoms with van der Waals surface area (Å²) in [5.41, 5.74) is 6.32. The molecule has 5 heteroatoms. The predicted octanol–water partition coefficient (Wildman–Crippen LogP) is 4.22. The Morgan fingerprint density at radius 2 is 1.42 bits per heavy atom. The van der Waals surface area contributed by atoms with Gasteiger partial charge in [-0.05, 0) is 54.8 Å². The van der Waals surface area contributed by atoms with Crippen molar-refractivity contribution >= 4 is 23.2 Å². The molecular weight excluding hydrogens is 410 g/mol. The van der Waals surface area contributed by atoms with Gasteiger partial charge in [-0.3, -0.25) is 14.5 Å². The molecule has 0 aromatic heterocycles. The van der Waals surface area contributed by atoms with Gasteiger partial charge < -0.3 is 9.80 Å². The van der Waals surface area contributed by atoms with Crippen LogP contribution in [0.3, 0.4) is 0 Å². The number of hydrogen-bond donors (Lipinski definition) is 0. The molecule has 2 amide bonds. The van der Waals surface area contributed by atoms with Gasteiger partial charge in [-0.15, -0.1) is 0 Å². The fourth-order valence-corrected chi connectivity index (χ4v) is 5.01. The Bertz CT molecular complexity index is 1180. The Balaban J connectivity index is 1.36. The molecule has 2 heterocycles. The highest BCUT2D eigenvalue weighted by atomic mass is 16.2. The minimum Gasteiger partial charge on any atom is -0.368 e. The van der Waals surface area contributed by atoms with Crippen LogP contribution in [0.4, 0.5) is 11.4 Å². The summed E-state index contributed by atoms with van der Waals surface area (Å²) in [5.74, 6) is -0.0796. The lowest BCUT2D eigenvalue weighted by atomic mass is 10.1. The van der Waals surface area contributed by atoms with Gasteiger partial charge in [-0.25, -0.2) is 0 Å². The molecule has 5 rings (SSSR count). The molecule has 1 saturated heterocycles. The molecule has 3 aromatic carbocycles. The Hall–Kier alpha value is -3.60. The van der Waals surface area contributed by atoms with Crippen molar-refractivity contribution < 1.29 is 9.59 Å². The Morgan fingerprint density at radius 3 is 2.18 bits per heavy atom. The number of anilines is 2. The van der Waals surface area contributed by atoms with Gasteiger partial charge in [-0.1, -0.05) is 48.5 Å². The average Bonchev–Trinajstić information content (AvgIpc) is 3.25. The highest BCUT2D eigenvalue weighted by molar-refractivity contribution is 6.11. The van der Waals surface area contributed by atoms with Crippen LogP contribution in [0.15, 0.2) is 72.8 Å². The number of hydrogen-bond acceptors (Lipinski definition) is 3. The second-order valence-electron chi connectivity index (χ2n) is 8.92. The third-order valence-electron chi connectivity index (χ3n) is 7.01. The quantitative estimate of drug-likeness (QED) is 0.614. The van der Waals surface area contributed by atoms with Crippen molar-refractivity contribution in [3.05, 3.63) is 95.1 Å². The first-order valence-electron chi connectivity index (χ1n) is 11.6. The zero-order valence-corrected chi connectivity index (χ0v) is 19.2. The van der Waals surface area contributed by atoms with E-state index in [4.69, 9.17) is 0 Å². The van der Waals surface area contributed by atoms with E-state index in [1.54, 1.807) is 4.90 Å². The van der Waals surface area contributed by atoms with E-state index < -0.39 is 6.04 Å². The van der Waals surface area contributed by atoms with Crippen molar-refractivity contribution in [1.82, 2.24) is 4.90 Å². The van der Waals surface area contributed by atoms with Crippen molar-refractivity contribution in [2.45, 2.75) is 26.3 Å². The predicted molar refractivity (Wildman–Crippen MR) is 132 cm³/mol. The highest BCUT2D eigenvalue weighted by Gasteiger charge is 2.41. The molecule has 0 bridgehead atoms. The normalized spacial score (nSPS) is 17.8. The van der Waals surface area contributed by atoms with Crippen LogP contribution >= 0.6 is 0 Å². The van der Waals surface area contributed by atoms with E-state index in [0.717, 1.165) is 24.3 Å².